The number of carbonyl (C=O) groups is 1. The zero-order valence-electron chi connectivity index (χ0n) is 11.8. The number of rotatable bonds is 6. The molecule has 0 radical (unpaired) electrons. The minimum atomic E-state index is -0.333. The fourth-order valence-electron chi connectivity index (χ4n) is 2.76. The first kappa shape index (κ1) is 15.0. The van der Waals surface area contributed by atoms with Crippen molar-refractivity contribution in [1.82, 2.24) is 9.80 Å². The summed E-state index contributed by atoms with van der Waals surface area (Å²) in [5.41, 5.74) is 0.988. The van der Waals surface area contributed by atoms with Gasteiger partial charge in [0.05, 0.1) is 6.61 Å². The van der Waals surface area contributed by atoms with Gasteiger partial charge in [-0.05, 0) is 6.92 Å². The van der Waals surface area contributed by atoms with Gasteiger partial charge in [0.2, 0.25) is 0 Å². The third-order valence-corrected chi connectivity index (χ3v) is 3.75. The van der Waals surface area contributed by atoms with Crippen molar-refractivity contribution in [3.63, 3.8) is 0 Å². The van der Waals surface area contributed by atoms with Gasteiger partial charge in [-0.1, -0.05) is 30.3 Å². The zero-order valence-corrected chi connectivity index (χ0v) is 11.8. The van der Waals surface area contributed by atoms with E-state index in [-0.39, 0.29) is 18.9 Å². The van der Waals surface area contributed by atoms with E-state index in [0.717, 1.165) is 25.2 Å². The van der Waals surface area contributed by atoms with Crippen LogP contribution in [0.25, 0.3) is 0 Å². The normalized spacial score (nSPS) is 22.4. The Balaban J connectivity index is 2.09. The Kier molecular flexibility index (Phi) is 5.52. The highest BCUT2D eigenvalue weighted by Crippen LogP contribution is 2.25. The van der Waals surface area contributed by atoms with Crippen LogP contribution in [0, 0.1) is 0 Å². The molecule has 2 unspecified atom stereocenters. The molecule has 1 N–H and O–H groups in total. The van der Waals surface area contributed by atoms with Crippen molar-refractivity contribution >= 4 is 6.47 Å². The molecular weight excluding hydrogens is 256 g/mol. The summed E-state index contributed by atoms with van der Waals surface area (Å²) >= 11 is 0. The summed E-state index contributed by atoms with van der Waals surface area (Å²) in [6, 6.07) is 10.1. The van der Waals surface area contributed by atoms with E-state index < -0.39 is 0 Å². The van der Waals surface area contributed by atoms with Crippen molar-refractivity contribution in [2.45, 2.75) is 19.2 Å². The number of β-amino-alcohol motifs (C(OH)–C–C–N with tert-alkyl or cyclic N) is 1. The number of ether oxygens (including phenoxy) is 1. The number of benzene rings is 1. The predicted molar refractivity (Wildman–Crippen MR) is 76.0 cm³/mol. The van der Waals surface area contributed by atoms with Gasteiger partial charge in [-0.3, -0.25) is 14.6 Å². The van der Waals surface area contributed by atoms with E-state index in [0.29, 0.717) is 13.0 Å². The molecule has 1 saturated heterocycles. The van der Waals surface area contributed by atoms with Crippen LogP contribution in [0.5, 0.6) is 0 Å². The maximum atomic E-state index is 10.8. The molecule has 1 aromatic rings. The summed E-state index contributed by atoms with van der Waals surface area (Å²) in [5, 5.41) is 9.02. The SMILES string of the molecule is CC1CN(CCO)CCN1C(OC=O)c1ccccc1. The molecule has 1 aliphatic heterocycles. The van der Waals surface area contributed by atoms with Crippen LogP contribution in [0.3, 0.4) is 0 Å². The molecule has 0 spiro atoms. The highest BCUT2D eigenvalue weighted by molar-refractivity contribution is 5.38. The zero-order chi connectivity index (χ0) is 14.4. The fourth-order valence-corrected chi connectivity index (χ4v) is 2.76. The first-order valence-corrected chi connectivity index (χ1v) is 6.99. The maximum absolute atomic E-state index is 10.8. The van der Waals surface area contributed by atoms with Crippen LogP contribution in [-0.4, -0.2) is 60.2 Å². The Morgan fingerprint density at radius 3 is 2.75 bits per heavy atom. The van der Waals surface area contributed by atoms with Gasteiger partial charge in [0.15, 0.2) is 6.23 Å². The summed E-state index contributed by atoms with van der Waals surface area (Å²) in [6.07, 6.45) is -0.333. The van der Waals surface area contributed by atoms with Crippen molar-refractivity contribution in [3.8, 4) is 0 Å². The molecule has 1 aliphatic rings. The van der Waals surface area contributed by atoms with Crippen LogP contribution in [-0.2, 0) is 9.53 Å². The Hall–Kier alpha value is -1.43. The van der Waals surface area contributed by atoms with E-state index >= 15 is 0 Å². The molecule has 0 saturated carbocycles. The van der Waals surface area contributed by atoms with Gasteiger partial charge in [-0.2, -0.15) is 0 Å². The van der Waals surface area contributed by atoms with Crippen LogP contribution in [0.15, 0.2) is 30.3 Å². The van der Waals surface area contributed by atoms with Gasteiger partial charge in [-0.25, -0.2) is 0 Å². The molecule has 0 aliphatic carbocycles. The second-order valence-corrected chi connectivity index (χ2v) is 5.11. The monoisotopic (exact) mass is 278 g/mol. The smallest absolute Gasteiger partial charge is 0.294 e. The van der Waals surface area contributed by atoms with Crippen molar-refractivity contribution in [3.05, 3.63) is 35.9 Å². The molecule has 1 heterocycles. The lowest BCUT2D eigenvalue weighted by Crippen LogP contribution is -2.53. The summed E-state index contributed by atoms with van der Waals surface area (Å²) in [6.45, 7) is 6.07. The lowest BCUT2D eigenvalue weighted by Gasteiger charge is -2.42. The number of nitrogens with zero attached hydrogens (tertiary/aromatic N) is 2. The Bertz CT molecular complexity index is 413. The molecule has 110 valence electrons. The molecule has 0 aromatic heterocycles. The lowest BCUT2D eigenvalue weighted by atomic mass is 10.1. The number of piperazine rings is 1. The highest BCUT2D eigenvalue weighted by Gasteiger charge is 2.31. The highest BCUT2D eigenvalue weighted by atomic mass is 16.5. The largest absolute Gasteiger partial charge is 0.444 e. The average Bonchev–Trinajstić information content (AvgIpc) is 2.47. The van der Waals surface area contributed by atoms with Gasteiger partial charge in [-0.15, -0.1) is 0 Å². The first-order chi connectivity index (χ1) is 9.76. The molecule has 5 heteroatoms. The van der Waals surface area contributed by atoms with Gasteiger partial charge < -0.3 is 9.84 Å². The molecule has 1 aromatic carbocycles. The van der Waals surface area contributed by atoms with E-state index in [4.69, 9.17) is 9.84 Å². The van der Waals surface area contributed by atoms with Gasteiger partial charge >= 0.3 is 0 Å². The third kappa shape index (κ3) is 3.56. The van der Waals surface area contributed by atoms with E-state index in [1.54, 1.807) is 0 Å². The number of aliphatic hydroxyl groups excluding tert-OH is 1. The van der Waals surface area contributed by atoms with Gasteiger partial charge in [0.25, 0.3) is 6.47 Å². The van der Waals surface area contributed by atoms with Crippen molar-refractivity contribution in [2.24, 2.45) is 0 Å². The molecule has 2 atom stereocenters. The lowest BCUT2D eigenvalue weighted by molar-refractivity contribution is -0.150. The van der Waals surface area contributed by atoms with E-state index in [2.05, 4.69) is 16.7 Å². The predicted octanol–water partition coefficient (Wildman–Crippen LogP) is 0.857. The average molecular weight is 278 g/mol. The van der Waals surface area contributed by atoms with Crippen molar-refractivity contribution < 1.29 is 14.6 Å². The first-order valence-electron chi connectivity index (χ1n) is 6.99. The Morgan fingerprint density at radius 2 is 2.15 bits per heavy atom. The maximum Gasteiger partial charge on any atom is 0.294 e. The Labute approximate surface area is 119 Å². The summed E-state index contributed by atoms with van der Waals surface area (Å²) in [7, 11) is 0. The standard InChI is InChI=1S/C15H22N2O3/c1-13-11-16(9-10-18)7-8-17(13)15(20-12-19)14-5-3-2-4-6-14/h2-6,12-13,15,18H,7-11H2,1H3. The number of aliphatic hydroxyl groups is 1. The van der Waals surface area contributed by atoms with E-state index in [9.17, 15) is 4.79 Å². The summed E-state index contributed by atoms with van der Waals surface area (Å²) in [4.78, 5) is 15.2. The number of hydrogen-bond donors (Lipinski definition) is 1. The van der Waals surface area contributed by atoms with Crippen molar-refractivity contribution in [1.29, 1.82) is 0 Å². The number of carbonyl (C=O) groups excluding carboxylic acids is 1. The molecule has 5 nitrogen and oxygen atoms in total. The fraction of sp³-hybridized carbons (Fsp3) is 0.533. The molecule has 0 amide bonds. The van der Waals surface area contributed by atoms with Crippen LogP contribution in [0.2, 0.25) is 0 Å². The van der Waals surface area contributed by atoms with Crippen LogP contribution >= 0.6 is 0 Å². The second-order valence-electron chi connectivity index (χ2n) is 5.11. The molecule has 1 fully saturated rings. The van der Waals surface area contributed by atoms with E-state index in [1.807, 2.05) is 30.3 Å². The third-order valence-electron chi connectivity index (χ3n) is 3.75. The summed E-state index contributed by atoms with van der Waals surface area (Å²) < 4.78 is 5.31. The quantitative estimate of drug-likeness (QED) is 0.782. The van der Waals surface area contributed by atoms with E-state index in [1.165, 1.54) is 0 Å². The topological polar surface area (TPSA) is 53.0 Å². The van der Waals surface area contributed by atoms with Crippen LogP contribution < -0.4 is 0 Å². The van der Waals surface area contributed by atoms with Crippen LogP contribution in [0.4, 0.5) is 0 Å². The molecular formula is C15H22N2O3. The Morgan fingerprint density at radius 1 is 1.40 bits per heavy atom. The second kappa shape index (κ2) is 7.38. The number of hydrogen-bond acceptors (Lipinski definition) is 5. The molecule has 2 rings (SSSR count). The van der Waals surface area contributed by atoms with Gasteiger partial charge in [0, 0.05) is 37.8 Å². The molecule has 0 bridgehead atoms. The minimum absolute atomic E-state index is 0.180. The van der Waals surface area contributed by atoms with Gasteiger partial charge in [0.1, 0.15) is 0 Å². The van der Waals surface area contributed by atoms with Crippen molar-refractivity contribution in [2.75, 3.05) is 32.8 Å². The molecule has 20 heavy (non-hydrogen) atoms. The van der Waals surface area contributed by atoms with Crippen LogP contribution in [0.1, 0.15) is 18.7 Å². The minimum Gasteiger partial charge on any atom is -0.444 e. The summed E-state index contributed by atoms with van der Waals surface area (Å²) in [5.74, 6) is 0.